The molecular formula is C23H27N5O2S. The van der Waals surface area contributed by atoms with E-state index in [2.05, 4.69) is 15.2 Å². The average Bonchev–Trinajstić information content (AvgIpc) is 3.46. The summed E-state index contributed by atoms with van der Waals surface area (Å²) in [6, 6.07) is 9.62. The molecule has 0 bridgehead atoms. The van der Waals surface area contributed by atoms with Crippen molar-refractivity contribution in [3.8, 4) is 0 Å². The highest BCUT2D eigenvalue weighted by molar-refractivity contribution is 7.13. The smallest absolute Gasteiger partial charge is 0.258 e. The van der Waals surface area contributed by atoms with Crippen LogP contribution in [0.2, 0.25) is 0 Å². The Balaban J connectivity index is 1.56. The molecular weight excluding hydrogens is 410 g/mol. The highest BCUT2D eigenvalue weighted by atomic mass is 32.1. The highest BCUT2D eigenvalue weighted by Gasteiger charge is 2.28. The Hall–Kier alpha value is -2.84. The fourth-order valence-electron chi connectivity index (χ4n) is 4.13. The molecule has 3 heterocycles. The van der Waals surface area contributed by atoms with E-state index in [4.69, 9.17) is 4.98 Å². The molecule has 1 atom stereocenters. The van der Waals surface area contributed by atoms with Gasteiger partial charge in [0, 0.05) is 48.2 Å². The van der Waals surface area contributed by atoms with Crippen molar-refractivity contribution in [2.75, 3.05) is 38.0 Å². The molecule has 0 aliphatic carbocycles. The fraction of sp³-hybridized carbons (Fsp3) is 0.391. The number of rotatable bonds is 7. The van der Waals surface area contributed by atoms with Crippen LogP contribution in [0.15, 0.2) is 41.9 Å². The summed E-state index contributed by atoms with van der Waals surface area (Å²) in [4.78, 5) is 38.6. The zero-order chi connectivity index (χ0) is 21.8. The maximum Gasteiger partial charge on any atom is 0.258 e. The summed E-state index contributed by atoms with van der Waals surface area (Å²) < 4.78 is 0. The lowest BCUT2D eigenvalue weighted by Gasteiger charge is -2.22. The van der Waals surface area contributed by atoms with Gasteiger partial charge in [-0.2, -0.15) is 0 Å². The van der Waals surface area contributed by atoms with Crippen molar-refractivity contribution in [2.45, 2.75) is 26.2 Å². The number of para-hydroxylation sites is 1. The quantitative estimate of drug-likeness (QED) is 0.611. The minimum absolute atomic E-state index is 0.167. The number of nitrogens with one attached hydrogen (secondary N) is 1. The first-order valence-corrected chi connectivity index (χ1v) is 11.6. The summed E-state index contributed by atoms with van der Waals surface area (Å²) in [6.45, 7) is 7.53. The van der Waals surface area contributed by atoms with Gasteiger partial charge in [-0.15, -0.1) is 11.3 Å². The lowest BCUT2D eigenvalue weighted by atomic mass is 9.99. The third-order valence-electron chi connectivity index (χ3n) is 5.80. The van der Waals surface area contributed by atoms with Gasteiger partial charge in [0.05, 0.1) is 17.6 Å². The van der Waals surface area contributed by atoms with Crippen molar-refractivity contribution in [2.24, 2.45) is 0 Å². The van der Waals surface area contributed by atoms with Crippen LogP contribution in [-0.2, 0) is 4.79 Å². The molecule has 1 aliphatic heterocycles. The first kappa shape index (κ1) is 21.4. The zero-order valence-electron chi connectivity index (χ0n) is 17.9. The maximum atomic E-state index is 13.0. The van der Waals surface area contributed by atoms with Gasteiger partial charge in [-0.05, 0) is 38.9 Å². The number of carbonyl (C=O) groups is 2. The van der Waals surface area contributed by atoms with Crippen LogP contribution < -0.4 is 5.32 Å². The van der Waals surface area contributed by atoms with Crippen LogP contribution in [0, 0.1) is 0 Å². The molecule has 0 spiro atoms. The number of carbonyl (C=O) groups excluding carboxylic acids is 2. The number of hydrogen-bond donors (Lipinski definition) is 1. The summed E-state index contributed by atoms with van der Waals surface area (Å²) in [7, 11) is 0. The van der Waals surface area contributed by atoms with E-state index in [0.717, 1.165) is 49.2 Å². The molecule has 162 valence electrons. The summed E-state index contributed by atoms with van der Waals surface area (Å²) in [5, 5.41) is 6.12. The molecule has 8 heteroatoms. The Morgan fingerprint density at radius 1 is 1.26 bits per heavy atom. The van der Waals surface area contributed by atoms with Gasteiger partial charge in [-0.1, -0.05) is 18.2 Å². The Labute approximate surface area is 186 Å². The lowest BCUT2D eigenvalue weighted by molar-refractivity contribution is -0.131. The number of hydrogen-bond acceptors (Lipinski definition) is 6. The predicted octanol–water partition coefficient (Wildman–Crippen LogP) is 3.60. The van der Waals surface area contributed by atoms with Crippen LogP contribution in [0.25, 0.3) is 10.9 Å². The zero-order valence-corrected chi connectivity index (χ0v) is 18.7. The van der Waals surface area contributed by atoms with Gasteiger partial charge < -0.3 is 4.90 Å². The van der Waals surface area contributed by atoms with Crippen molar-refractivity contribution in [1.82, 2.24) is 19.8 Å². The monoisotopic (exact) mass is 437 g/mol. The van der Waals surface area contributed by atoms with E-state index in [1.54, 1.807) is 6.20 Å². The molecule has 1 aliphatic rings. The normalized spacial score (nSPS) is 16.5. The standard InChI is InChI=1S/C23H27N5O2S/c1-3-28(4-2)21(29)15-27-11-9-16(14-27)20-13-18(17-7-5-6-8-19(17)25-20)22(30)26-23-24-10-12-31-23/h5-8,10,12-13,16H,3-4,9,11,14-15H2,1-2H3,(H,24,26,30). The Morgan fingerprint density at radius 2 is 2.06 bits per heavy atom. The van der Waals surface area contributed by atoms with E-state index < -0.39 is 0 Å². The Morgan fingerprint density at radius 3 is 2.81 bits per heavy atom. The predicted molar refractivity (Wildman–Crippen MR) is 124 cm³/mol. The molecule has 1 fully saturated rings. The molecule has 2 aromatic heterocycles. The van der Waals surface area contributed by atoms with Gasteiger partial charge in [-0.3, -0.25) is 24.8 Å². The minimum Gasteiger partial charge on any atom is -0.342 e. The molecule has 2 amide bonds. The summed E-state index contributed by atoms with van der Waals surface area (Å²) in [5.74, 6) is 0.183. The second-order valence-electron chi connectivity index (χ2n) is 7.69. The first-order chi connectivity index (χ1) is 15.1. The molecule has 0 radical (unpaired) electrons. The number of aromatic nitrogens is 2. The van der Waals surface area contributed by atoms with Crippen LogP contribution in [0.5, 0.6) is 0 Å². The number of pyridine rings is 1. The molecule has 1 saturated heterocycles. The third kappa shape index (κ3) is 4.75. The van der Waals surface area contributed by atoms with Crippen LogP contribution >= 0.6 is 11.3 Å². The van der Waals surface area contributed by atoms with Gasteiger partial charge in [0.15, 0.2) is 5.13 Å². The number of amides is 2. The van der Waals surface area contributed by atoms with E-state index >= 15 is 0 Å². The van der Waals surface area contributed by atoms with Crippen LogP contribution in [0.3, 0.4) is 0 Å². The van der Waals surface area contributed by atoms with E-state index in [1.807, 2.05) is 54.5 Å². The number of anilines is 1. The van der Waals surface area contributed by atoms with Gasteiger partial charge in [0.1, 0.15) is 0 Å². The molecule has 1 N–H and O–H groups in total. The molecule has 1 aromatic carbocycles. The van der Waals surface area contributed by atoms with Gasteiger partial charge in [0.2, 0.25) is 5.91 Å². The Kier molecular flexibility index (Phi) is 6.58. The largest absolute Gasteiger partial charge is 0.342 e. The fourth-order valence-corrected chi connectivity index (χ4v) is 4.65. The Bertz CT molecular complexity index is 1070. The van der Waals surface area contributed by atoms with Crippen LogP contribution in [-0.4, -0.2) is 64.3 Å². The second kappa shape index (κ2) is 9.53. The number of thiazole rings is 1. The first-order valence-electron chi connectivity index (χ1n) is 10.7. The van der Waals surface area contributed by atoms with Crippen molar-refractivity contribution in [3.05, 3.63) is 53.2 Å². The highest BCUT2D eigenvalue weighted by Crippen LogP contribution is 2.29. The number of likely N-dealkylation sites (N-methyl/N-ethyl adjacent to an activating group) is 1. The van der Waals surface area contributed by atoms with Crippen molar-refractivity contribution < 1.29 is 9.59 Å². The van der Waals surface area contributed by atoms with E-state index in [0.29, 0.717) is 17.2 Å². The number of likely N-dealkylation sites (tertiary alicyclic amines) is 1. The molecule has 0 saturated carbocycles. The molecule has 31 heavy (non-hydrogen) atoms. The van der Waals surface area contributed by atoms with E-state index in [1.165, 1.54) is 11.3 Å². The second-order valence-corrected chi connectivity index (χ2v) is 8.58. The number of benzene rings is 1. The van der Waals surface area contributed by atoms with Crippen molar-refractivity contribution >= 4 is 39.2 Å². The van der Waals surface area contributed by atoms with E-state index in [9.17, 15) is 9.59 Å². The minimum atomic E-state index is -0.179. The summed E-state index contributed by atoms with van der Waals surface area (Å²) in [5.41, 5.74) is 2.32. The van der Waals surface area contributed by atoms with Gasteiger partial charge in [-0.25, -0.2) is 4.98 Å². The van der Waals surface area contributed by atoms with Gasteiger partial charge >= 0.3 is 0 Å². The topological polar surface area (TPSA) is 78.4 Å². The summed E-state index contributed by atoms with van der Waals surface area (Å²) >= 11 is 1.39. The van der Waals surface area contributed by atoms with E-state index in [-0.39, 0.29) is 17.7 Å². The maximum absolute atomic E-state index is 13.0. The molecule has 4 rings (SSSR count). The SMILES string of the molecule is CCN(CC)C(=O)CN1CCC(c2cc(C(=O)Nc3nccs3)c3ccccc3n2)C1. The molecule has 1 unspecified atom stereocenters. The van der Waals surface area contributed by atoms with Crippen LogP contribution in [0.1, 0.15) is 42.2 Å². The van der Waals surface area contributed by atoms with Crippen LogP contribution in [0.4, 0.5) is 5.13 Å². The number of nitrogens with zero attached hydrogens (tertiary/aromatic N) is 4. The van der Waals surface area contributed by atoms with Crippen molar-refractivity contribution in [3.63, 3.8) is 0 Å². The summed E-state index contributed by atoms with van der Waals surface area (Å²) in [6.07, 6.45) is 2.59. The average molecular weight is 438 g/mol. The molecule has 7 nitrogen and oxygen atoms in total. The van der Waals surface area contributed by atoms with Gasteiger partial charge in [0.25, 0.3) is 5.91 Å². The number of fused-ring (bicyclic) bond motifs is 1. The molecule has 3 aromatic rings. The lowest BCUT2D eigenvalue weighted by Crippen LogP contribution is -2.39. The van der Waals surface area contributed by atoms with Crippen molar-refractivity contribution in [1.29, 1.82) is 0 Å². The third-order valence-corrected chi connectivity index (χ3v) is 6.49.